The van der Waals surface area contributed by atoms with Gasteiger partial charge in [0.25, 0.3) is 5.56 Å². The molecule has 1 amide bonds. The van der Waals surface area contributed by atoms with Gasteiger partial charge in [-0.1, -0.05) is 53.7 Å². The minimum atomic E-state index is -0.601. The number of anilines is 1. The van der Waals surface area contributed by atoms with Crippen molar-refractivity contribution in [3.8, 4) is 11.8 Å². The maximum Gasteiger partial charge on any atom is 0.266 e. The monoisotopic (exact) mass is 474 g/mol. The van der Waals surface area contributed by atoms with Crippen LogP contribution in [0.3, 0.4) is 0 Å². The van der Waals surface area contributed by atoms with Crippen molar-refractivity contribution in [2.45, 2.75) is 24.3 Å². The maximum atomic E-state index is 13.5. The Morgan fingerprint density at radius 2 is 1.88 bits per heavy atom. The molecule has 0 spiro atoms. The summed E-state index contributed by atoms with van der Waals surface area (Å²) >= 11 is 7.30. The number of nitrogens with one attached hydrogen (secondary N) is 1. The van der Waals surface area contributed by atoms with Crippen LogP contribution in [0, 0.1) is 18.3 Å². The van der Waals surface area contributed by atoms with Crippen LogP contribution < -0.4 is 10.9 Å². The summed E-state index contributed by atoms with van der Waals surface area (Å²) in [4.78, 5) is 31.1. The zero-order chi connectivity index (χ0) is 23.5. The number of hydrogen-bond donors (Lipinski definition) is 1. The van der Waals surface area contributed by atoms with Gasteiger partial charge in [0.15, 0.2) is 5.16 Å². The molecule has 6 nitrogen and oxygen atoms in total. The Balaban J connectivity index is 1.77. The predicted octanol–water partition coefficient (Wildman–Crippen LogP) is 5.34. The largest absolute Gasteiger partial charge is 0.324 e. The first kappa shape index (κ1) is 22.6. The fourth-order valence-corrected chi connectivity index (χ4v) is 4.47. The van der Waals surface area contributed by atoms with Crippen LogP contribution >= 0.6 is 23.4 Å². The molecule has 0 aliphatic carbocycles. The lowest BCUT2D eigenvalue weighted by molar-refractivity contribution is -0.115. The molecule has 33 heavy (non-hydrogen) atoms. The van der Waals surface area contributed by atoms with Crippen LogP contribution in [0.15, 0.2) is 76.7 Å². The molecule has 4 rings (SSSR count). The summed E-state index contributed by atoms with van der Waals surface area (Å²) in [7, 11) is 0. The molecule has 8 heteroatoms. The van der Waals surface area contributed by atoms with Crippen LogP contribution in [0.5, 0.6) is 0 Å². The molecule has 1 unspecified atom stereocenters. The average molecular weight is 475 g/mol. The number of carbonyl (C=O) groups is 1. The van der Waals surface area contributed by atoms with Gasteiger partial charge in [0.1, 0.15) is 6.07 Å². The fraction of sp³-hybridized carbons (Fsp3) is 0.120. The van der Waals surface area contributed by atoms with Gasteiger partial charge in [0.05, 0.1) is 33.1 Å². The topological polar surface area (TPSA) is 87.8 Å². The first-order valence-corrected chi connectivity index (χ1v) is 11.4. The number of nitrogens with zero attached hydrogens (tertiary/aromatic N) is 3. The molecular weight excluding hydrogens is 456 g/mol. The Hall–Kier alpha value is -3.60. The number of aryl methyl sites for hydroxylation is 1. The van der Waals surface area contributed by atoms with E-state index in [4.69, 9.17) is 11.6 Å². The van der Waals surface area contributed by atoms with E-state index in [2.05, 4.69) is 16.4 Å². The number of benzene rings is 3. The van der Waals surface area contributed by atoms with Gasteiger partial charge >= 0.3 is 0 Å². The van der Waals surface area contributed by atoms with Crippen molar-refractivity contribution in [1.29, 1.82) is 5.26 Å². The third-order valence-electron chi connectivity index (χ3n) is 5.11. The Labute approximate surface area is 199 Å². The molecule has 0 saturated carbocycles. The van der Waals surface area contributed by atoms with Crippen LogP contribution in [-0.4, -0.2) is 20.7 Å². The molecule has 0 saturated heterocycles. The van der Waals surface area contributed by atoms with Crippen molar-refractivity contribution in [2.24, 2.45) is 0 Å². The average Bonchev–Trinajstić information content (AvgIpc) is 2.80. The van der Waals surface area contributed by atoms with E-state index in [1.54, 1.807) is 49.4 Å². The maximum absolute atomic E-state index is 13.5. The highest BCUT2D eigenvalue weighted by atomic mass is 35.5. The highest BCUT2D eigenvalue weighted by Crippen LogP contribution is 2.28. The molecule has 1 heterocycles. The van der Waals surface area contributed by atoms with E-state index in [1.807, 2.05) is 31.2 Å². The molecule has 1 aromatic heterocycles. The number of para-hydroxylation sites is 2. The van der Waals surface area contributed by atoms with Gasteiger partial charge < -0.3 is 5.32 Å². The first-order valence-electron chi connectivity index (χ1n) is 10.1. The molecule has 1 atom stereocenters. The molecule has 0 aliphatic rings. The van der Waals surface area contributed by atoms with E-state index in [0.717, 1.165) is 17.3 Å². The lowest BCUT2D eigenvalue weighted by Crippen LogP contribution is -2.26. The summed E-state index contributed by atoms with van der Waals surface area (Å²) in [5.41, 5.74) is 2.62. The summed E-state index contributed by atoms with van der Waals surface area (Å²) in [5, 5.41) is 12.8. The normalized spacial score (nSPS) is 11.7. The Morgan fingerprint density at radius 3 is 2.64 bits per heavy atom. The first-order chi connectivity index (χ1) is 15.9. The summed E-state index contributed by atoms with van der Waals surface area (Å²) in [6.45, 7) is 3.64. The number of halogens is 1. The number of fused-ring (bicyclic) bond motifs is 1. The second-order valence-electron chi connectivity index (χ2n) is 7.39. The van der Waals surface area contributed by atoms with Gasteiger partial charge in [-0.25, -0.2) is 4.98 Å². The van der Waals surface area contributed by atoms with Crippen molar-refractivity contribution in [3.63, 3.8) is 0 Å². The fourth-order valence-electron chi connectivity index (χ4n) is 3.38. The molecule has 1 N–H and O–H groups in total. The lowest BCUT2D eigenvalue weighted by atomic mass is 10.2. The summed E-state index contributed by atoms with van der Waals surface area (Å²) in [6, 6.07) is 21.3. The molecule has 164 valence electrons. The van der Waals surface area contributed by atoms with Crippen molar-refractivity contribution >= 4 is 45.9 Å². The van der Waals surface area contributed by atoms with E-state index in [-0.39, 0.29) is 11.5 Å². The van der Waals surface area contributed by atoms with Crippen molar-refractivity contribution in [2.75, 3.05) is 5.32 Å². The van der Waals surface area contributed by atoms with E-state index in [1.165, 1.54) is 4.57 Å². The van der Waals surface area contributed by atoms with Gasteiger partial charge in [-0.05, 0) is 55.8 Å². The number of carbonyl (C=O) groups excluding carboxylic acids is 1. The predicted molar refractivity (Wildman–Crippen MR) is 132 cm³/mol. The number of hydrogen-bond acceptors (Lipinski definition) is 5. The summed E-state index contributed by atoms with van der Waals surface area (Å²) in [6.07, 6.45) is 0. The standard InChI is InChI=1S/C25H19ClN4O2S/c1-15-7-3-6-10-22(15)30-24(32)19-12-11-18(26)13-21(19)29-25(30)33-16(2)23(31)28-20-9-5-4-8-17(20)14-27/h3-13,16H,1-2H3,(H,28,31). The quantitative estimate of drug-likeness (QED) is 0.311. The summed E-state index contributed by atoms with van der Waals surface area (Å²) in [5.74, 6) is -0.306. The molecule has 0 fully saturated rings. The number of aromatic nitrogens is 2. The van der Waals surface area contributed by atoms with E-state index in [9.17, 15) is 14.9 Å². The minimum Gasteiger partial charge on any atom is -0.324 e. The Bertz CT molecular complexity index is 1480. The molecule has 0 radical (unpaired) electrons. The molecule has 3 aromatic carbocycles. The summed E-state index contributed by atoms with van der Waals surface area (Å²) < 4.78 is 1.53. The smallest absolute Gasteiger partial charge is 0.266 e. The van der Waals surface area contributed by atoms with E-state index < -0.39 is 5.25 Å². The van der Waals surface area contributed by atoms with Gasteiger partial charge in [0, 0.05) is 5.02 Å². The van der Waals surface area contributed by atoms with Crippen LogP contribution in [0.4, 0.5) is 5.69 Å². The number of thioether (sulfide) groups is 1. The molecule has 0 bridgehead atoms. The Morgan fingerprint density at radius 1 is 1.15 bits per heavy atom. The van der Waals surface area contributed by atoms with Gasteiger partial charge in [0.2, 0.25) is 5.91 Å². The zero-order valence-corrected chi connectivity index (χ0v) is 19.4. The number of amides is 1. The van der Waals surface area contributed by atoms with Gasteiger partial charge in [-0.15, -0.1) is 0 Å². The molecular formula is C25H19ClN4O2S. The highest BCUT2D eigenvalue weighted by Gasteiger charge is 2.21. The third-order valence-corrected chi connectivity index (χ3v) is 6.40. The van der Waals surface area contributed by atoms with E-state index in [0.29, 0.717) is 38.0 Å². The molecule has 0 aliphatic heterocycles. The van der Waals surface area contributed by atoms with Crippen molar-refractivity contribution in [1.82, 2.24) is 9.55 Å². The highest BCUT2D eigenvalue weighted by molar-refractivity contribution is 8.00. The van der Waals surface area contributed by atoms with Crippen molar-refractivity contribution < 1.29 is 4.79 Å². The molecule has 4 aromatic rings. The zero-order valence-electron chi connectivity index (χ0n) is 17.9. The second kappa shape index (κ2) is 9.49. The van der Waals surface area contributed by atoms with Crippen LogP contribution in [0.1, 0.15) is 18.1 Å². The number of nitriles is 1. The minimum absolute atomic E-state index is 0.240. The van der Waals surface area contributed by atoms with Crippen molar-refractivity contribution in [3.05, 3.63) is 93.2 Å². The van der Waals surface area contributed by atoms with Gasteiger partial charge in [-0.3, -0.25) is 14.2 Å². The van der Waals surface area contributed by atoms with Gasteiger partial charge in [-0.2, -0.15) is 5.26 Å². The van der Waals surface area contributed by atoms with Crippen LogP contribution in [0.2, 0.25) is 5.02 Å². The lowest BCUT2D eigenvalue weighted by Gasteiger charge is -2.18. The van der Waals surface area contributed by atoms with E-state index >= 15 is 0 Å². The third kappa shape index (κ3) is 4.63. The second-order valence-corrected chi connectivity index (χ2v) is 9.13. The number of rotatable bonds is 5. The SMILES string of the molecule is Cc1ccccc1-n1c(SC(C)C(=O)Nc2ccccc2C#N)nc2cc(Cl)ccc2c1=O. The Kier molecular flexibility index (Phi) is 6.50. The van der Waals surface area contributed by atoms with Crippen LogP contribution in [-0.2, 0) is 4.79 Å². The van der Waals surface area contributed by atoms with Crippen LogP contribution in [0.25, 0.3) is 16.6 Å².